The Morgan fingerprint density at radius 1 is 1.08 bits per heavy atom. The number of benzene rings is 2. The van der Waals surface area contributed by atoms with E-state index in [1.165, 1.54) is 12.1 Å². The van der Waals surface area contributed by atoms with E-state index in [1.807, 2.05) is 18.2 Å². The molecule has 6 heteroatoms. The molecule has 2 aromatic rings. The molecule has 0 spiro atoms. The van der Waals surface area contributed by atoms with Crippen LogP contribution in [0.4, 0.5) is 10.1 Å². The van der Waals surface area contributed by atoms with Crippen molar-refractivity contribution in [1.29, 1.82) is 0 Å². The van der Waals surface area contributed by atoms with Crippen LogP contribution in [0.3, 0.4) is 0 Å². The topological polar surface area (TPSA) is 59.6 Å². The summed E-state index contributed by atoms with van der Waals surface area (Å²) in [6, 6.07) is 10.1. The number of anilines is 1. The van der Waals surface area contributed by atoms with Crippen molar-refractivity contribution < 1.29 is 18.7 Å². The highest BCUT2D eigenvalue weighted by molar-refractivity contribution is 5.80. The van der Waals surface area contributed by atoms with E-state index in [4.69, 9.17) is 9.47 Å². The lowest BCUT2D eigenvalue weighted by Gasteiger charge is -2.11. The molecular weight excluding hydrogens is 323 g/mol. The first-order chi connectivity index (χ1) is 12.0. The van der Waals surface area contributed by atoms with Crippen LogP contribution in [0.1, 0.15) is 11.1 Å². The minimum atomic E-state index is -0.289. The van der Waals surface area contributed by atoms with Crippen molar-refractivity contribution in [3.63, 3.8) is 0 Å². The van der Waals surface area contributed by atoms with Gasteiger partial charge in [-0.1, -0.05) is 6.07 Å². The first kappa shape index (κ1) is 18.6. The van der Waals surface area contributed by atoms with Gasteiger partial charge in [0.1, 0.15) is 5.82 Å². The van der Waals surface area contributed by atoms with Crippen LogP contribution in [0, 0.1) is 12.7 Å². The van der Waals surface area contributed by atoms with Gasteiger partial charge < -0.3 is 20.1 Å². The van der Waals surface area contributed by atoms with E-state index >= 15 is 0 Å². The summed E-state index contributed by atoms with van der Waals surface area (Å²) in [7, 11) is 3.18. The Kier molecular flexibility index (Phi) is 6.62. The number of methoxy groups -OCH3 is 2. The van der Waals surface area contributed by atoms with Gasteiger partial charge in [-0.25, -0.2) is 4.39 Å². The lowest BCUT2D eigenvalue weighted by molar-refractivity contribution is -0.119. The maximum Gasteiger partial charge on any atom is 0.239 e. The number of halogens is 1. The van der Waals surface area contributed by atoms with Crippen molar-refractivity contribution in [3.05, 3.63) is 53.3 Å². The zero-order valence-electron chi connectivity index (χ0n) is 14.7. The number of hydrogen-bond donors (Lipinski definition) is 2. The van der Waals surface area contributed by atoms with Gasteiger partial charge in [-0.05, 0) is 54.8 Å². The minimum absolute atomic E-state index is 0.121. The summed E-state index contributed by atoms with van der Waals surface area (Å²) in [6.07, 6.45) is 0.682. The Bertz CT molecular complexity index is 735. The average molecular weight is 346 g/mol. The molecule has 0 unspecified atom stereocenters. The molecule has 25 heavy (non-hydrogen) atoms. The normalized spacial score (nSPS) is 10.2. The van der Waals surface area contributed by atoms with Crippen LogP contribution in [-0.2, 0) is 11.2 Å². The lowest BCUT2D eigenvalue weighted by atomic mass is 10.1. The van der Waals surface area contributed by atoms with Crippen LogP contribution in [0.2, 0.25) is 0 Å². The van der Waals surface area contributed by atoms with Gasteiger partial charge in [0.15, 0.2) is 11.5 Å². The number of aryl methyl sites for hydroxylation is 1. The SMILES string of the molecule is COc1ccc(CCNC(=O)CNc2ccc(F)cc2C)cc1OC. The van der Waals surface area contributed by atoms with Crippen molar-refractivity contribution in [1.82, 2.24) is 5.32 Å². The summed E-state index contributed by atoms with van der Waals surface area (Å²) in [6.45, 7) is 2.44. The highest BCUT2D eigenvalue weighted by atomic mass is 19.1. The van der Waals surface area contributed by atoms with Crippen molar-refractivity contribution in [2.45, 2.75) is 13.3 Å². The molecule has 0 heterocycles. The molecule has 2 aromatic carbocycles. The molecule has 0 fully saturated rings. The van der Waals surface area contributed by atoms with E-state index in [0.717, 1.165) is 16.8 Å². The predicted octanol–water partition coefficient (Wildman–Crippen LogP) is 2.92. The van der Waals surface area contributed by atoms with Crippen LogP contribution in [0.5, 0.6) is 11.5 Å². The second-order valence-electron chi connectivity index (χ2n) is 5.60. The summed E-state index contributed by atoms with van der Waals surface area (Å²) in [5.74, 6) is 0.931. The summed E-state index contributed by atoms with van der Waals surface area (Å²) in [5.41, 5.74) is 2.55. The molecule has 0 saturated carbocycles. The number of carbonyl (C=O) groups is 1. The molecular formula is C19H23FN2O3. The molecule has 0 aliphatic heterocycles. The first-order valence-electron chi connectivity index (χ1n) is 8.01. The van der Waals surface area contributed by atoms with Gasteiger partial charge in [0.05, 0.1) is 20.8 Å². The maximum absolute atomic E-state index is 13.1. The molecule has 134 valence electrons. The average Bonchev–Trinajstić information content (AvgIpc) is 2.60. The van der Waals surface area contributed by atoms with Crippen LogP contribution in [-0.4, -0.2) is 33.2 Å². The third kappa shape index (κ3) is 5.38. The van der Waals surface area contributed by atoms with Crippen LogP contribution >= 0.6 is 0 Å². The highest BCUT2D eigenvalue weighted by Gasteiger charge is 2.06. The van der Waals surface area contributed by atoms with Crippen molar-refractivity contribution >= 4 is 11.6 Å². The largest absolute Gasteiger partial charge is 0.493 e. The van der Waals surface area contributed by atoms with E-state index in [2.05, 4.69) is 10.6 Å². The van der Waals surface area contributed by atoms with Crippen LogP contribution < -0.4 is 20.1 Å². The second kappa shape index (κ2) is 8.92. The number of nitrogens with one attached hydrogen (secondary N) is 2. The fourth-order valence-corrected chi connectivity index (χ4v) is 2.45. The van der Waals surface area contributed by atoms with E-state index in [1.54, 1.807) is 27.2 Å². The summed E-state index contributed by atoms with van der Waals surface area (Å²) in [5, 5.41) is 5.86. The van der Waals surface area contributed by atoms with Crippen LogP contribution in [0.25, 0.3) is 0 Å². The standard InChI is InChI=1S/C19H23FN2O3/c1-13-10-15(20)5-6-16(13)22-12-19(23)21-9-8-14-4-7-17(24-2)18(11-14)25-3/h4-7,10-11,22H,8-9,12H2,1-3H3,(H,21,23). The molecule has 0 aromatic heterocycles. The van der Waals surface area contributed by atoms with Gasteiger partial charge >= 0.3 is 0 Å². The molecule has 0 atom stereocenters. The molecule has 0 radical (unpaired) electrons. The second-order valence-corrected chi connectivity index (χ2v) is 5.60. The Labute approximate surface area is 147 Å². The van der Waals surface area contributed by atoms with Gasteiger partial charge in [0.25, 0.3) is 0 Å². The molecule has 0 aliphatic rings. The van der Waals surface area contributed by atoms with Crippen LogP contribution in [0.15, 0.2) is 36.4 Å². The summed E-state index contributed by atoms with van der Waals surface area (Å²) < 4.78 is 23.5. The van der Waals surface area contributed by atoms with Gasteiger partial charge in [-0.2, -0.15) is 0 Å². The highest BCUT2D eigenvalue weighted by Crippen LogP contribution is 2.27. The Balaban J connectivity index is 1.78. The van der Waals surface area contributed by atoms with Crippen molar-refractivity contribution in [2.24, 2.45) is 0 Å². The zero-order chi connectivity index (χ0) is 18.2. The Morgan fingerprint density at radius 3 is 2.52 bits per heavy atom. The number of carbonyl (C=O) groups excluding carboxylic acids is 1. The minimum Gasteiger partial charge on any atom is -0.493 e. The number of rotatable bonds is 8. The zero-order valence-corrected chi connectivity index (χ0v) is 14.7. The Morgan fingerprint density at radius 2 is 1.84 bits per heavy atom. The molecule has 5 nitrogen and oxygen atoms in total. The smallest absolute Gasteiger partial charge is 0.239 e. The van der Waals surface area contributed by atoms with Gasteiger partial charge in [-0.3, -0.25) is 4.79 Å². The quantitative estimate of drug-likeness (QED) is 0.772. The number of amides is 1. The van der Waals surface area contributed by atoms with E-state index in [9.17, 15) is 9.18 Å². The van der Waals surface area contributed by atoms with Gasteiger partial charge in [-0.15, -0.1) is 0 Å². The Hall–Kier alpha value is -2.76. The lowest BCUT2D eigenvalue weighted by Crippen LogP contribution is -2.31. The van der Waals surface area contributed by atoms with Gasteiger partial charge in [0.2, 0.25) is 5.91 Å². The fraction of sp³-hybridized carbons (Fsp3) is 0.316. The molecule has 2 rings (SSSR count). The summed E-state index contributed by atoms with van der Waals surface area (Å²) >= 11 is 0. The van der Waals surface area contributed by atoms with Crippen molar-refractivity contribution in [2.75, 3.05) is 32.6 Å². The molecule has 1 amide bonds. The summed E-state index contributed by atoms with van der Waals surface area (Å²) in [4.78, 5) is 11.9. The van der Waals surface area contributed by atoms with Gasteiger partial charge in [0, 0.05) is 12.2 Å². The number of ether oxygens (including phenoxy) is 2. The van der Waals surface area contributed by atoms with E-state index in [-0.39, 0.29) is 18.3 Å². The molecule has 0 bridgehead atoms. The molecule has 0 aliphatic carbocycles. The number of hydrogen-bond acceptors (Lipinski definition) is 4. The molecule has 0 saturated heterocycles. The molecule has 2 N–H and O–H groups in total. The monoisotopic (exact) mass is 346 g/mol. The van der Waals surface area contributed by atoms with E-state index in [0.29, 0.717) is 24.5 Å². The third-order valence-electron chi connectivity index (χ3n) is 3.81. The predicted molar refractivity (Wildman–Crippen MR) is 95.9 cm³/mol. The van der Waals surface area contributed by atoms with Crippen molar-refractivity contribution in [3.8, 4) is 11.5 Å². The maximum atomic E-state index is 13.1. The van der Waals surface area contributed by atoms with E-state index < -0.39 is 0 Å². The third-order valence-corrected chi connectivity index (χ3v) is 3.81. The first-order valence-corrected chi connectivity index (χ1v) is 8.01. The fourth-order valence-electron chi connectivity index (χ4n) is 2.45.